The largest absolute Gasteiger partial charge is 0.490 e. The average molecular weight is 568 g/mol. The van der Waals surface area contributed by atoms with Crippen LogP contribution in [0.15, 0.2) is 46.0 Å². The van der Waals surface area contributed by atoms with Crippen LogP contribution in [0.5, 0.6) is 11.5 Å². The van der Waals surface area contributed by atoms with Gasteiger partial charge in [-0.1, -0.05) is 19.9 Å². The van der Waals surface area contributed by atoms with Crippen LogP contribution in [-0.2, 0) is 6.54 Å². The van der Waals surface area contributed by atoms with E-state index in [4.69, 9.17) is 13.9 Å². The minimum absolute atomic E-state index is 0. The SMILES string of the molecule is CCCOc1ccc(C(C)NC(=NC)NCc2nc(-c3ccco3)n[nH]2)cc1OCCC.I. The number of H-pyrrole nitrogens is 1. The predicted molar refractivity (Wildman–Crippen MR) is 139 cm³/mol. The van der Waals surface area contributed by atoms with Gasteiger partial charge in [-0.05, 0) is 49.6 Å². The van der Waals surface area contributed by atoms with Crippen molar-refractivity contribution in [2.75, 3.05) is 20.3 Å². The van der Waals surface area contributed by atoms with Gasteiger partial charge in [-0.15, -0.1) is 29.1 Å². The Morgan fingerprint density at radius 1 is 1.15 bits per heavy atom. The van der Waals surface area contributed by atoms with Crippen molar-refractivity contribution in [1.29, 1.82) is 0 Å². The number of hydrogen-bond acceptors (Lipinski definition) is 6. The van der Waals surface area contributed by atoms with Gasteiger partial charge in [0.1, 0.15) is 5.82 Å². The van der Waals surface area contributed by atoms with Crippen LogP contribution < -0.4 is 20.1 Å². The van der Waals surface area contributed by atoms with Crippen LogP contribution in [0.3, 0.4) is 0 Å². The lowest BCUT2D eigenvalue weighted by Crippen LogP contribution is -2.38. The Kier molecular flexibility index (Phi) is 11.0. The number of aliphatic imine (C=N–C) groups is 1. The summed E-state index contributed by atoms with van der Waals surface area (Å²) in [6.07, 6.45) is 3.48. The first kappa shape index (κ1) is 26.5. The Bertz CT molecular complexity index is 990. The molecule has 0 aliphatic heterocycles. The maximum absolute atomic E-state index is 5.92. The van der Waals surface area contributed by atoms with Gasteiger partial charge in [0.25, 0.3) is 0 Å². The summed E-state index contributed by atoms with van der Waals surface area (Å²) in [5, 5.41) is 13.7. The number of hydrogen-bond donors (Lipinski definition) is 3. The van der Waals surface area contributed by atoms with Crippen LogP contribution in [0.2, 0.25) is 0 Å². The molecule has 0 aliphatic rings. The molecule has 0 amide bonds. The van der Waals surface area contributed by atoms with Crippen molar-refractivity contribution in [2.24, 2.45) is 4.99 Å². The van der Waals surface area contributed by atoms with Crippen LogP contribution in [0.4, 0.5) is 0 Å². The number of ether oxygens (including phenoxy) is 2. The summed E-state index contributed by atoms with van der Waals surface area (Å²) in [5.41, 5.74) is 1.07. The molecule has 0 saturated carbocycles. The van der Waals surface area contributed by atoms with Gasteiger partial charge in [0, 0.05) is 7.05 Å². The Hall–Kier alpha value is -2.76. The summed E-state index contributed by atoms with van der Waals surface area (Å²) < 4.78 is 17.1. The minimum atomic E-state index is -0.00110. The van der Waals surface area contributed by atoms with Gasteiger partial charge in [0.05, 0.1) is 32.1 Å². The van der Waals surface area contributed by atoms with E-state index < -0.39 is 0 Å². The molecule has 0 bridgehead atoms. The number of aromatic nitrogens is 3. The monoisotopic (exact) mass is 568 g/mol. The zero-order chi connectivity index (χ0) is 22.8. The van der Waals surface area contributed by atoms with E-state index in [1.807, 2.05) is 24.3 Å². The van der Waals surface area contributed by atoms with E-state index in [-0.39, 0.29) is 30.0 Å². The Morgan fingerprint density at radius 3 is 2.58 bits per heavy atom. The van der Waals surface area contributed by atoms with E-state index in [9.17, 15) is 0 Å². The molecule has 33 heavy (non-hydrogen) atoms. The van der Waals surface area contributed by atoms with Crippen molar-refractivity contribution >= 4 is 29.9 Å². The van der Waals surface area contributed by atoms with Crippen molar-refractivity contribution < 1.29 is 13.9 Å². The summed E-state index contributed by atoms with van der Waals surface area (Å²) in [6, 6.07) is 9.66. The molecule has 0 radical (unpaired) electrons. The molecule has 2 aromatic heterocycles. The quantitative estimate of drug-likeness (QED) is 0.175. The molecule has 0 fully saturated rings. The summed E-state index contributed by atoms with van der Waals surface area (Å²) in [4.78, 5) is 8.75. The number of aromatic amines is 1. The van der Waals surface area contributed by atoms with Crippen molar-refractivity contribution in [3.05, 3.63) is 48.0 Å². The third kappa shape index (κ3) is 7.65. The van der Waals surface area contributed by atoms with Crippen molar-refractivity contribution in [3.63, 3.8) is 0 Å². The van der Waals surface area contributed by atoms with E-state index in [1.165, 1.54) is 0 Å². The van der Waals surface area contributed by atoms with Crippen LogP contribution >= 0.6 is 24.0 Å². The summed E-state index contributed by atoms with van der Waals surface area (Å²) in [7, 11) is 1.73. The Balaban J connectivity index is 0.00000385. The first-order valence-electron chi connectivity index (χ1n) is 11.0. The fourth-order valence-corrected chi connectivity index (χ4v) is 2.99. The Morgan fingerprint density at radius 2 is 1.91 bits per heavy atom. The highest BCUT2D eigenvalue weighted by Gasteiger charge is 2.14. The molecular formula is C23H33IN6O3. The zero-order valence-electron chi connectivity index (χ0n) is 19.6. The number of furan rings is 1. The minimum Gasteiger partial charge on any atom is -0.490 e. The lowest BCUT2D eigenvalue weighted by Gasteiger charge is -2.20. The van der Waals surface area contributed by atoms with Crippen LogP contribution in [0.1, 0.15) is 51.0 Å². The van der Waals surface area contributed by atoms with Gasteiger partial charge < -0.3 is 24.5 Å². The summed E-state index contributed by atoms with van der Waals surface area (Å²) >= 11 is 0. The molecule has 3 N–H and O–H groups in total. The molecule has 180 valence electrons. The van der Waals surface area contributed by atoms with Crippen molar-refractivity contribution in [2.45, 2.75) is 46.2 Å². The van der Waals surface area contributed by atoms with E-state index in [2.05, 4.69) is 51.6 Å². The first-order chi connectivity index (χ1) is 15.6. The van der Waals surface area contributed by atoms with Gasteiger partial charge in [0.15, 0.2) is 23.2 Å². The lowest BCUT2D eigenvalue weighted by atomic mass is 10.1. The fourth-order valence-electron chi connectivity index (χ4n) is 2.99. The second-order valence-corrected chi connectivity index (χ2v) is 7.28. The summed E-state index contributed by atoms with van der Waals surface area (Å²) in [6.45, 7) is 7.99. The molecule has 3 aromatic rings. The molecule has 10 heteroatoms. The molecule has 9 nitrogen and oxygen atoms in total. The number of rotatable bonds is 11. The predicted octanol–water partition coefficient (Wildman–Crippen LogP) is 4.69. The maximum Gasteiger partial charge on any atom is 0.216 e. The van der Waals surface area contributed by atoms with Crippen LogP contribution in [0.25, 0.3) is 11.6 Å². The highest BCUT2D eigenvalue weighted by atomic mass is 127. The number of halogens is 1. The van der Waals surface area contributed by atoms with Crippen LogP contribution in [-0.4, -0.2) is 41.4 Å². The molecule has 2 heterocycles. The van der Waals surface area contributed by atoms with E-state index in [1.54, 1.807) is 19.4 Å². The van der Waals surface area contributed by atoms with Crippen LogP contribution in [0, 0.1) is 0 Å². The van der Waals surface area contributed by atoms with Gasteiger partial charge >= 0.3 is 0 Å². The molecule has 1 atom stereocenters. The Labute approximate surface area is 211 Å². The van der Waals surface area contributed by atoms with Gasteiger partial charge in [-0.25, -0.2) is 4.98 Å². The van der Waals surface area contributed by atoms with E-state index >= 15 is 0 Å². The smallest absolute Gasteiger partial charge is 0.216 e. The molecule has 3 rings (SSSR count). The highest BCUT2D eigenvalue weighted by Crippen LogP contribution is 2.31. The van der Waals surface area contributed by atoms with Gasteiger partial charge in [0.2, 0.25) is 5.82 Å². The number of nitrogens with zero attached hydrogens (tertiary/aromatic N) is 3. The third-order valence-electron chi connectivity index (χ3n) is 4.66. The molecule has 0 saturated heterocycles. The zero-order valence-corrected chi connectivity index (χ0v) is 21.9. The van der Waals surface area contributed by atoms with Crippen molar-refractivity contribution in [3.8, 4) is 23.1 Å². The standard InChI is InChI=1S/C23H32N6O3.HI/c1-5-11-30-18-10-9-17(14-20(18)31-12-6-2)16(3)26-23(24-4)25-15-21-27-22(29-28-21)19-8-7-13-32-19;/h7-10,13-14,16H,5-6,11-12,15H2,1-4H3,(H2,24,25,26)(H,27,28,29);1H. The molecular weight excluding hydrogens is 535 g/mol. The third-order valence-corrected chi connectivity index (χ3v) is 4.66. The topological polar surface area (TPSA) is 110 Å². The highest BCUT2D eigenvalue weighted by molar-refractivity contribution is 14.0. The second-order valence-electron chi connectivity index (χ2n) is 7.28. The maximum atomic E-state index is 5.92. The molecule has 1 unspecified atom stereocenters. The lowest BCUT2D eigenvalue weighted by molar-refractivity contribution is 0.268. The molecule has 0 spiro atoms. The summed E-state index contributed by atoms with van der Waals surface area (Å²) in [5.74, 6) is 4.01. The average Bonchev–Trinajstić information content (AvgIpc) is 3.51. The first-order valence-corrected chi connectivity index (χ1v) is 11.0. The van der Waals surface area contributed by atoms with E-state index in [0.29, 0.717) is 43.1 Å². The fraction of sp³-hybridized carbons (Fsp3) is 0.435. The second kappa shape index (κ2) is 13.7. The van der Waals surface area contributed by atoms with Gasteiger partial charge in [-0.2, -0.15) is 0 Å². The number of benzene rings is 1. The molecule has 0 aliphatic carbocycles. The van der Waals surface area contributed by atoms with Crippen molar-refractivity contribution in [1.82, 2.24) is 25.8 Å². The van der Waals surface area contributed by atoms with E-state index in [0.717, 1.165) is 29.9 Å². The van der Waals surface area contributed by atoms with Gasteiger partial charge in [-0.3, -0.25) is 10.1 Å². The number of nitrogens with one attached hydrogen (secondary N) is 3. The number of guanidine groups is 1. The normalized spacial score (nSPS) is 12.1. The molecule has 1 aromatic carbocycles.